The summed E-state index contributed by atoms with van der Waals surface area (Å²) in [7, 11) is 0. The van der Waals surface area contributed by atoms with Crippen LogP contribution in [-0.4, -0.2) is 30.7 Å². The van der Waals surface area contributed by atoms with Crippen LogP contribution < -0.4 is 0 Å². The van der Waals surface area contributed by atoms with Gasteiger partial charge >= 0.3 is 0 Å². The lowest BCUT2D eigenvalue weighted by Crippen LogP contribution is -2.36. The summed E-state index contributed by atoms with van der Waals surface area (Å²) in [6, 6.07) is 8.61. The average Bonchev–Trinajstić information content (AvgIpc) is 2.35. The summed E-state index contributed by atoms with van der Waals surface area (Å²) in [5.74, 6) is 0. The third kappa shape index (κ3) is 4.09. The molecule has 1 aromatic rings. The number of ether oxygens (including phenoxy) is 1. The van der Waals surface area contributed by atoms with Crippen LogP contribution >= 0.6 is 15.9 Å². The monoisotopic (exact) mass is 297 g/mol. The van der Waals surface area contributed by atoms with Gasteiger partial charge in [0.2, 0.25) is 0 Å². The number of benzene rings is 1. The number of likely N-dealkylation sites (tertiary alicyclic amines) is 1. The van der Waals surface area contributed by atoms with Crippen molar-refractivity contribution >= 4 is 15.9 Å². The first kappa shape index (κ1) is 13.1. The Labute approximate surface area is 112 Å². The molecule has 2 rings (SSSR count). The van der Waals surface area contributed by atoms with E-state index in [1.54, 1.807) is 0 Å². The molecule has 0 N–H and O–H groups in total. The molecular weight excluding hydrogens is 278 g/mol. The maximum absolute atomic E-state index is 5.66. The summed E-state index contributed by atoms with van der Waals surface area (Å²) < 4.78 is 6.81. The maximum Gasteiger partial charge on any atom is 0.0599 e. The topological polar surface area (TPSA) is 12.5 Å². The molecule has 0 radical (unpaired) electrons. The highest BCUT2D eigenvalue weighted by Crippen LogP contribution is 2.17. The van der Waals surface area contributed by atoms with Crippen LogP contribution in [0.2, 0.25) is 0 Å². The first-order valence-electron chi connectivity index (χ1n) is 6.36. The van der Waals surface area contributed by atoms with Gasteiger partial charge in [-0.2, -0.15) is 0 Å². The highest BCUT2D eigenvalue weighted by Gasteiger charge is 2.18. The third-order valence-corrected chi connectivity index (χ3v) is 3.79. The second kappa shape index (κ2) is 6.53. The van der Waals surface area contributed by atoms with Gasteiger partial charge in [-0.1, -0.05) is 28.1 Å². The average molecular weight is 298 g/mol. The van der Waals surface area contributed by atoms with E-state index in [1.807, 2.05) is 0 Å². The summed E-state index contributed by atoms with van der Waals surface area (Å²) in [6.45, 7) is 6.29. The molecule has 2 nitrogen and oxygen atoms in total. The molecule has 0 spiro atoms. The molecule has 0 atom stereocenters. The van der Waals surface area contributed by atoms with E-state index >= 15 is 0 Å². The van der Waals surface area contributed by atoms with Gasteiger partial charge in [0.25, 0.3) is 0 Å². The molecule has 0 bridgehead atoms. The number of nitrogens with zero attached hydrogens (tertiary/aromatic N) is 1. The van der Waals surface area contributed by atoms with Gasteiger partial charge in [-0.3, -0.25) is 4.90 Å². The van der Waals surface area contributed by atoms with Crippen molar-refractivity contribution in [3.05, 3.63) is 34.3 Å². The zero-order chi connectivity index (χ0) is 12.1. The minimum atomic E-state index is 0.487. The maximum atomic E-state index is 5.66. The van der Waals surface area contributed by atoms with E-state index in [1.165, 1.54) is 18.4 Å². The minimum Gasteiger partial charge on any atom is -0.378 e. The first-order chi connectivity index (χ1) is 8.28. The summed E-state index contributed by atoms with van der Waals surface area (Å²) in [5.41, 5.74) is 1.39. The van der Waals surface area contributed by atoms with Gasteiger partial charge in [0.15, 0.2) is 0 Å². The Hall–Kier alpha value is -0.380. The highest BCUT2D eigenvalue weighted by molar-refractivity contribution is 9.10. The zero-order valence-corrected chi connectivity index (χ0v) is 11.9. The van der Waals surface area contributed by atoms with Gasteiger partial charge in [-0.15, -0.1) is 0 Å². The van der Waals surface area contributed by atoms with Crippen molar-refractivity contribution in [1.82, 2.24) is 4.90 Å². The van der Waals surface area contributed by atoms with Crippen molar-refractivity contribution in [2.45, 2.75) is 32.4 Å². The summed E-state index contributed by atoms with van der Waals surface area (Å²) >= 11 is 3.47. The largest absolute Gasteiger partial charge is 0.378 e. The molecule has 0 unspecified atom stereocenters. The number of halogens is 1. The van der Waals surface area contributed by atoms with Crippen LogP contribution in [0.3, 0.4) is 0 Å². The smallest absolute Gasteiger partial charge is 0.0599 e. The lowest BCUT2D eigenvalue weighted by Gasteiger charge is -2.31. The fourth-order valence-electron chi connectivity index (χ4n) is 2.32. The molecule has 1 aromatic carbocycles. The van der Waals surface area contributed by atoms with E-state index in [0.29, 0.717) is 6.10 Å². The van der Waals surface area contributed by atoms with E-state index in [0.717, 1.165) is 30.7 Å². The first-order valence-corrected chi connectivity index (χ1v) is 7.15. The fourth-order valence-corrected chi connectivity index (χ4v) is 2.58. The van der Waals surface area contributed by atoms with Crippen LogP contribution in [-0.2, 0) is 11.3 Å². The van der Waals surface area contributed by atoms with Crippen molar-refractivity contribution < 1.29 is 4.74 Å². The number of rotatable bonds is 4. The SMILES string of the molecule is CCOC1CCN(Cc2ccc(Br)cc2)CC1. The van der Waals surface area contributed by atoms with Crippen LogP contribution in [0.1, 0.15) is 25.3 Å². The third-order valence-electron chi connectivity index (χ3n) is 3.26. The summed E-state index contributed by atoms with van der Waals surface area (Å²) in [6.07, 6.45) is 2.83. The van der Waals surface area contributed by atoms with Crippen molar-refractivity contribution in [1.29, 1.82) is 0 Å². The van der Waals surface area contributed by atoms with Gasteiger partial charge in [0.05, 0.1) is 6.10 Å². The molecule has 0 saturated carbocycles. The summed E-state index contributed by atoms with van der Waals surface area (Å²) in [5, 5.41) is 0. The molecule has 3 heteroatoms. The Bertz CT molecular complexity index is 331. The molecule has 0 aromatic heterocycles. The predicted molar refractivity (Wildman–Crippen MR) is 74.1 cm³/mol. The molecule has 1 saturated heterocycles. The van der Waals surface area contributed by atoms with Gasteiger partial charge in [-0.05, 0) is 37.5 Å². The van der Waals surface area contributed by atoms with Gasteiger partial charge in [0.1, 0.15) is 0 Å². The van der Waals surface area contributed by atoms with Crippen LogP contribution in [0.25, 0.3) is 0 Å². The lowest BCUT2D eigenvalue weighted by molar-refractivity contribution is 0.0125. The van der Waals surface area contributed by atoms with E-state index in [2.05, 4.69) is 52.0 Å². The Morgan fingerprint density at radius 3 is 2.47 bits per heavy atom. The molecule has 94 valence electrons. The van der Waals surface area contributed by atoms with Crippen LogP contribution in [0, 0.1) is 0 Å². The summed E-state index contributed by atoms with van der Waals surface area (Å²) in [4.78, 5) is 2.51. The zero-order valence-electron chi connectivity index (χ0n) is 10.4. The van der Waals surface area contributed by atoms with E-state index in [9.17, 15) is 0 Å². The van der Waals surface area contributed by atoms with Crippen LogP contribution in [0.15, 0.2) is 28.7 Å². The Morgan fingerprint density at radius 2 is 1.88 bits per heavy atom. The molecule has 1 aliphatic rings. The molecule has 0 aliphatic carbocycles. The molecule has 0 amide bonds. The minimum absolute atomic E-state index is 0.487. The fraction of sp³-hybridized carbons (Fsp3) is 0.571. The van der Waals surface area contributed by atoms with Crippen LogP contribution in [0.5, 0.6) is 0 Å². The number of piperidine rings is 1. The van der Waals surface area contributed by atoms with E-state index < -0.39 is 0 Å². The van der Waals surface area contributed by atoms with Gasteiger partial charge in [0, 0.05) is 30.7 Å². The molecule has 1 heterocycles. The normalized spacial score (nSPS) is 18.5. The van der Waals surface area contributed by atoms with E-state index in [4.69, 9.17) is 4.74 Å². The van der Waals surface area contributed by atoms with Gasteiger partial charge < -0.3 is 4.74 Å². The second-order valence-corrected chi connectivity index (χ2v) is 5.47. The Kier molecular flexibility index (Phi) is 5.01. The quantitative estimate of drug-likeness (QED) is 0.844. The molecular formula is C14H20BrNO. The number of hydrogen-bond acceptors (Lipinski definition) is 2. The standard InChI is InChI=1S/C14H20BrNO/c1-2-17-14-7-9-16(10-8-14)11-12-3-5-13(15)6-4-12/h3-6,14H,2,7-11H2,1H3. The van der Waals surface area contributed by atoms with Crippen LogP contribution in [0.4, 0.5) is 0 Å². The second-order valence-electron chi connectivity index (χ2n) is 4.56. The van der Waals surface area contributed by atoms with Crippen molar-refractivity contribution in [3.63, 3.8) is 0 Å². The Balaban J connectivity index is 1.79. The predicted octanol–water partition coefficient (Wildman–Crippen LogP) is 3.45. The van der Waals surface area contributed by atoms with E-state index in [-0.39, 0.29) is 0 Å². The Morgan fingerprint density at radius 1 is 1.24 bits per heavy atom. The highest BCUT2D eigenvalue weighted by atomic mass is 79.9. The number of hydrogen-bond donors (Lipinski definition) is 0. The molecule has 1 fully saturated rings. The van der Waals surface area contributed by atoms with Gasteiger partial charge in [-0.25, -0.2) is 0 Å². The lowest BCUT2D eigenvalue weighted by atomic mass is 10.1. The van der Waals surface area contributed by atoms with Crippen molar-refractivity contribution in [2.75, 3.05) is 19.7 Å². The molecule has 17 heavy (non-hydrogen) atoms. The van der Waals surface area contributed by atoms with Crippen molar-refractivity contribution in [2.24, 2.45) is 0 Å². The molecule has 1 aliphatic heterocycles. The van der Waals surface area contributed by atoms with Crippen molar-refractivity contribution in [3.8, 4) is 0 Å².